The Morgan fingerprint density at radius 1 is 1.62 bits per heavy atom. The van der Waals surface area contributed by atoms with Crippen LogP contribution in [-0.4, -0.2) is 14.8 Å². The molecule has 0 saturated carbocycles. The molecule has 2 heterocycles. The second-order valence-electron chi connectivity index (χ2n) is 2.25. The van der Waals surface area contributed by atoms with Gasteiger partial charge >= 0.3 is 0 Å². The summed E-state index contributed by atoms with van der Waals surface area (Å²) in [6.07, 6.45) is 3.10. The zero-order valence-corrected chi connectivity index (χ0v) is 7.32. The van der Waals surface area contributed by atoms with Crippen LogP contribution >= 0.6 is 11.3 Å². The molecule has 2 aromatic rings. The predicted octanol–water partition coefficient (Wildman–Crippen LogP) is 1.46. The average molecular weight is 191 g/mol. The molecule has 0 radical (unpaired) electrons. The van der Waals surface area contributed by atoms with Gasteiger partial charge in [0.15, 0.2) is 0 Å². The van der Waals surface area contributed by atoms with Crippen LogP contribution in [0.2, 0.25) is 0 Å². The molecule has 0 unspecified atom stereocenters. The molecule has 0 amide bonds. The van der Waals surface area contributed by atoms with Crippen molar-refractivity contribution in [3.05, 3.63) is 29.2 Å². The van der Waals surface area contributed by atoms with Gasteiger partial charge in [-0.3, -0.25) is 0 Å². The summed E-state index contributed by atoms with van der Waals surface area (Å²) in [7, 11) is 0. The summed E-state index contributed by atoms with van der Waals surface area (Å²) in [6.45, 7) is 6.80. The minimum atomic E-state index is 0.338. The number of thiazole rings is 1. The lowest BCUT2D eigenvalue weighted by Crippen LogP contribution is -2.00. The summed E-state index contributed by atoms with van der Waals surface area (Å²) in [6, 6.07) is 0. The Bertz CT molecular complexity index is 450. The fourth-order valence-electron chi connectivity index (χ4n) is 0.908. The van der Waals surface area contributed by atoms with Crippen LogP contribution < -0.4 is 5.73 Å². The van der Waals surface area contributed by atoms with Crippen LogP contribution in [0.3, 0.4) is 0 Å². The van der Waals surface area contributed by atoms with E-state index in [1.807, 2.05) is 5.38 Å². The lowest BCUT2D eigenvalue weighted by molar-refractivity contribution is 0.880. The Morgan fingerprint density at radius 3 is 3.00 bits per heavy atom. The molecule has 0 aliphatic heterocycles. The van der Waals surface area contributed by atoms with Crippen molar-refractivity contribution in [2.75, 3.05) is 5.73 Å². The van der Waals surface area contributed by atoms with Crippen LogP contribution in [0.5, 0.6) is 0 Å². The van der Waals surface area contributed by atoms with Gasteiger partial charge in [-0.05, 0) is 0 Å². The molecule has 0 saturated heterocycles. The van der Waals surface area contributed by atoms with Crippen molar-refractivity contribution in [1.82, 2.24) is 14.8 Å². The van der Waals surface area contributed by atoms with Gasteiger partial charge in [0.2, 0.25) is 10.8 Å². The highest BCUT2D eigenvalue weighted by molar-refractivity contribution is 7.12. The van der Waals surface area contributed by atoms with Gasteiger partial charge in [0.05, 0.1) is 12.8 Å². The summed E-state index contributed by atoms with van der Waals surface area (Å²) >= 11 is 1.42. The van der Waals surface area contributed by atoms with Crippen molar-refractivity contribution in [1.29, 1.82) is 0 Å². The van der Waals surface area contributed by atoms with Crippen LogP contribution in [-0.2, 0) is 0 Å². The Labute approximate surface area is 78.3 Å². The van der Waals surface area contributed by atoms with E-state index in [2.05, 4.69) is 14.9 Å². The van der Waals surface area contributed by atoms with Crippen molar-refractivity contribution in [2.45, 2.75) is 0 Å². The predicted molar refractivity (Wildman–Crippen MR) is 49.9 cm³/mol. The molecule has 0 spiro atoms. The first-order valence-electron chi connectivity index (χ1n) is 3.43. The number of hydrogen-bond donors (Lipinski definition) is 1. The topological polar surface area (TPSA) is 61.1 Å². The van der Waals surface area contributed by atoms with E-state index in [4.69, 9.17) is 12.3 Å². The molecule has 0 fully saturated rings. The van der Waals surface area contributed by atoms with Gasteiger partial charge in [0.1, 0.15) is 5.82 Å². The second-order valence-corrected chi connectivity index (χ2v) is 3.13. The summed E-state index contributed by atoms with van der Waals surface area (Å²) < 4.78 is 1.46. The fourth-order valence-corrected chi connectivity index (χ4v) is 1.52. The zero-order valence-electron chi connectivity index (χ0n) is 6.51. The van der Waals surface area contributed by atoms with Crippen LogP contribution in [0.1, 0.15) is 0 Å². The maximum Gasteiger partial charge on any atom is 0.247 e. The molecule has 0 bridgehead atoms. The number of nitrogens with zero attached hydrogens (tertiary/aromatic N) is 4. The second kappa shape index (κ2) is 2.88. The first-order valence-corrected chi connectivity index (χ1v) is 4.31. The van der Waals surface area contributed by atoms with Gasteiger partial charge in [-0.15, -0.1) is 11.3 Å². The quantitative estimate of drug-likeness (QED) is 0.694. The maximum absolute atomic E-state index is 6.80. The van der Waals surface area contributed by atoms with Crippen molar-refractivity contribution >= 4 is 22.8 Å². The molecule has 0 aromatic carbocycles. The first kappa shape index (κ1) is 7.76. The Hall–Kier alpha value is -1.87. The number of rotatable bonds is 1. The summed E-state index contributed by atoms with van der Waals surface area (Å²) in [4.78, 5) is 7.25. The van der Waals surface area contributed by atoms with Crippen molar-refractivity contribution in [3.8, 4) is 5.13 Å². The molecular formula is C7H5N5S. The number of nitrogens with two attached hydrogens (primary N) is 1. The highest BCUT2D eigenvalue weighted by Crippen LogP contribution is 2.24. The lowest BCUT2D eigenvalue weighted by Gasteiger charge is -1.97. The van der Waals surface area contributed by atoms with Crippen LogP contribution in [0.25, 0.3) is 9.98 Å². The van der Waals surface area contributed by atoms with Gasteiger partial charge in [0, 0.05) is 11.6 Å². The molecule has 0 aliphatic rings. The largest absolute Gasteiger partial charge is 0.392 e. The van der Waals surface area contributed by atoms with E-state index in [-0.39, 0.29) is 0 Å². The van der Waals surface area contributed by atoms with Crippen LogP contribution in [0.15, 0.2) is 17.8 Å². The van der Waals surface area contributed by atoms with E-state index >= 15 is 0 Å². The smallest absolute Gasteiger partial charge is 0.247 e. The van der Waals surface area contributed by atoms with Crippen LogP contribution in [0, 0.1) is 6.57 Å². The van der Waals surface area contributed by atoms with Gasteiger partial charge in [-0.25, -0.2) is 14.5 Å². The number of anilines is 1. The molecule has 64 valence electrons. The third-order valence-electron chi connectivity index (χ3n) is 1.51. The third kappa shape index (κ3) is 1.15. The average Bonchev–Trinajstić information content (AvgIpc) is 2.72. The molecule has 6 heteroatoms. The van der Waals surface area contributed by atoms with Gasteiger partial charge < -0.3 is 5.73 Å². The SMILES string of the molecule is [C-]#[N+]c1cnn(-c2nccs2)c1N. The van der Waals surface area contributed by atoms with E-state index in [0.717, 1.165) is 0 Å². The summed E-state index contributed by atoms with van der Waals surface area (Å²) in [5, 5.41) is 6.46. The maximum atomic E-state index is 6.80. The Morgan fingerprint density at radius 2 is 2.46 bits per heavy atom. The van der Waals surface area contributed by atoms with Crippen LogP contribution in [0.4, 0.5) is 11.5 Å². The van der Waals surface area contributed by atoms with E-state index in [0.29, 0.717) is 16.6 Å². The molecule has 2 N–H and O–H groups in total. The normalized spacial score (nSPS) is 9.77. The van der Waals surface area contributed by atoms with E-state index in [1.165, 1.54) is 22.2 Å². The van der Waals surface area contributed by atoms with E-state index in [9.17, 15) is 0 Å². The summed E-state index contributed by atoms with van der Waals surface area (Å²) in [5.41, 5.74) is 6.02. The molecule has 13 heavy (non-hydrogen) atoms. The van der Waals surface area contributed by atoms with Crippen molar-refractivity contribution in [3.63, 3.8) is 0 Å². The standard InChI is InChI=1S/C7H5N5S/c1-9-5-4-11-12(6(5)8)7-10-2-3-13-7/h2-4H,8H2. The molecule has 0 atom stereocenters. The minimum absolute atomic E-state index is 0.338. The van der Waals surface area contributed by atoms with Crippen molar-refractivity contribution < 1.29 is 0 Å². The van der Waals surface area contributed by atoms with Crippen molar-refractivity contribution in [2.24, 2.45) is 0 Å². The number of hydrogen-bond acceptors (Lipinski definition) is 4. The molecule has 5 nitrogen and oxygen atoms in total. The Balaban J connectivity index is 2.55. The van der Waals surface area contributed by atoms with Gasteiger partial charge in [-0.2, -0.15) is 5.10 Å². The lowest BCUT2D eigenvalue weighted by atomic mass is 10.5. The summed E-state index contributed by atoms with van der Waals surface area (Å²) in [5.74, 6) is 0.338. The molecule has 2 aromatic heterocycles. The zero-order chi connectivity index (χ0) is 9.26. The highest BCUT2D eigenvalue weighted by Gasteiger charge is 2.09. The third-order valence-corrected chi connectivity index (χ3v) is 2.25. The molecular weight excluding hydrogens is 186 g/mol. The Kier molecular flexibility index (Phi) is 1.72. The highest BCUT2D eigenvalue weighted by atomic mass is 32.1. The van der Waals surface area contributed by atoms with Gasteiger partial charge in [-0.1, -0.05) is 0 Å². The number of nitrogen functional groups attached to an aromatic ring is 1. The fraction of sp³-hybridized carbons (Fsp3) is 0. The monoisotopic (exact) mass is 191 g/mol. The van der Waals surface area contributed by atoms with E-state index < -0.39 is 0 Å². The van der Waals surface area contributed by atoms with E-state index in [1.54, 1.807) is 6.20 Å². The molecule has 2 rings (SSSR count). The minimum Gasteiger partial charge on any atom is -0.392 e. The van der Waals surface area contributed by atoms with Gasteiger partial charge in [0.25, 0.3) is 0 Å². The number of aromatic nitrogens is 3. The molecule has 0 aliphatic carbocycles. The first-order chi connectivity index (χ1) is 6.33.